The molecule has 1 amide bonds. The molecule has 4 rings (SSSR count). The minimum absolute atomic E-state index is 0.0291. The summed E-state index contributed by atoms with van der Waals surface area (Å²) in [5.74, 6) is 7.95. The number of hydrogen-bond acceptors (Lipinski definition) is 3. The van der Waals surface area contributed by atoms with Crippen LogP contribution in [-0.4, -0.2) is 21.6 Å². The number of piperidine rings is 1. The maximum Gasteiger partial charge on any atom is 0.240 e. The van der Waals surface area contributed by atoms with Crippen LogP contribution in [0.3, 0.4) is 0 Å². The highest BCUT2D eigenvalue weighted by atomic mass is 16.3. The second kappa shape index (κ2) is 4.60. The van der Waals surface area contributed by atoms with E-state index in [0.29, 0.717) is 24.2 Å². The molecule has 0 aromatic heterocycles. The molecule has 0 radical (unpaired) electrons. The molecule has 4 aliphatic rings. The van der Waals surface area contributed by atoms with Gasteiger partial charge in [0.25, 0.3) is 0 Å². The number of aliphatic hydroxyl groups is 1. The first-order chi connectivity index (χ1) is 10.7. The van der Waals surface area contributed by atoms with Gasteiger partial charge in [-0.3, -0.25) is 9.80 Å². The molecule has 1 heterocycles. The van der Waals surface area contributed by atoms with Gasteiger partial charge in [0.15, 0.2) is 0 Å². The summed E-state index contributed by atoms with van der Waals surface area (Å²) in [6.45, 7) is 6.67. The Labute approximate surface area is 139 Å². The van der Waals surface area contributed by atoms with Crippen LogP contribution >= 0.6 is 0 Å². The summed E-state index contributed by atoms with van der Waals surface area (Å²) in [4.78, 5) is 12.0. The van der Waals surface area contributed by atoms with Gasteiger partial charge in [0.2, 0.25) is 5.91 Å². The number of nitrogens with zero attached hydrogens (tertiary/aromatic N) is 1. The molecule has 23 heavy (non-hydrogen) atoms. The molecule has 4 heteroatoms. The zero-order valence-electron chi connectivity index (χ0n) is 14.6. The Kier molecular flexibility index (Phi) is 3.13. The monoisotopic (exact) mass is 318 g/mol. The molecule has 4 nitrogen and oxygen atoms in total. The van der Waals surface area contributed by atoms with E-state index in [1.54, 1.807) is 0 Å². The minimum Gasteiger partial charge on any atom is -0.390 e. The van der Waals surface area contributed by atoms with Gasteiger partial charge < -0.3 is 5.11 Å². The SMILES string of the molecule is C[C@]12CCC(=O)N(N)C1=CCC1C2CC[C@@]2(C)C1CC[C@]2(C)O. The standard InChI is InChI=1S/C19H30N2O2/c1-17-9-8-16(22)21(20)15(17)5-4-12-13(17)6-10-18(2)14(12)7-11-19(18,3)23/h5,12-14,23H,4,6-11,20H2,1-3H3/t12?,13?,14?,17-,18+,19+/m1/s1. The lowest BCUT2D eigenvalue weighted by molar-refractivity contribution is -0.141. The van der Waals surface area contributed by atoms with Gasteiger partial charge in [-0.15, -0.1) is 0 Å². The van der Waals surface area contributed by atoms with Crippen LogP contribution in [-0.2, 0) is 4.79 Å². The lowest BCUT2D eigenvalue weighted by Gasteiger charge is -2.58. The van der Waals surface area contributed by atoms with Crippen LogP contribution in [0.15, 0.2) is 11.8 Å². The fourth-order valence-corrected chi connectivity index (χ4v) is 6.63. The number of rotatable bonds is 0. The number of hydrogen-bond donors (Lipinski definition) is 2. The van der Waals surface area contributed by atoms with Crippen molar-refractivity contribution in [3.63, 3.8) is 0 Å². The normalized spacial score (nSPS) is 52.6. The first-order valence-electron chi connectivity index (χ1n) is 9.21. The van der Waals surface area contributed by atoms with Gasteiger partial charge in [-0.25, -0.2) is 5.84 Å². The van der Waals surface area contributed by atoms with Crippen LogP contribution in [0.1, 0.15) is 65.7 Å². The van der Waals surface area contributed by atoms with Crippen LogP contribution < -0.4 is 5.84 Å². The summed E-state index contributed by atoms with van der Waals surface area (Å²) in [5.41, 5.74) is 0.600. The molecule has 3 N–H and O–H groups in total. The van der Waals surface area contributed by atoms with E-state index in [0.717, 1.165) is 44.2 Å². The molecule has 1 saturated heterocycles. The first-order valence-corrected chi connectivity index (χ1v) is 9.21. The Morgan fingerprint density at radius 3 is 2.61 bits per heavy atom. The number of allylic oxidation sites excluding steroid dienone is 2. The molecular formula is C19H30N2O2. The summed E-state index contributed by atoms with van der Waals surface area (Å²) in [6, 6.07) is 0. The average Bonchev–Trinajstić information content (AvgIpc) is 2.74. The van der Waals surface area contributed by atoms with E-state index in [4.69, 9.17) is 5.84 Å². The average molecular weight is 318 g/mol. The molecule has 0 aromatic carbocycles. The van der Waals surface area contributed by atoms with Gasteiger partial charge in [-0.05, 0) is 68.6 Å². The van der Waals surface area contributed by atoms with Gasteiger partial charge in [-0.2, -0.15) is 0 Å². The second-order valence-corrected chi connectivity index (χ2v) is 9.15. The van der Waals surface area contributed by atoms with E-state index in [1.807, 2.05) is 6.92 Å². The van der Waals surface area contributed by atoms with Crippen LogP contribution in [0, 0.1) is 28.6 Å². The van der Waals surface area contributed by atoms with Gasteiger partial charge >= 0.3 is 0 Å². The summed E-state index contributed by atoms with van der Waals surface area (Å²) in [6.07, 6.45) is 9.02. The number of fused-ring (bicyclic) bond motifs is 5. The zero-order chi connectivity index (χ0) is 16.6. The Morgan fingerprint density at radius 2 is 1.87 bits per heavy atom. The highest BCUT2D eigenvalue weighted by Crippen LogP contribution is 2.66. The van der Waals surface area contributed by atoms with Crippen LogP contribution in [0.4, 0.5) is 0 Å². The second-order valence-electron chi connectivity index (χ2n) is 9.15. The number of hydrazine groups is 1. The van der Waals surface area contributed by atoms with E-state index < -0.39 is 5.60 Å². The molecule has 3 fully saturated rings. The van der Waals surface area contributed by atoms with Crippen LogP contribution in [0.25, 0.3) is 0 Å². The molecule has 2 saturated carbocycles. The number of amides is 1. The minimum atomic E-state index is -0.532. The zero-order valence-corrected chi connectivity index (χ0v) is 14.6. The summed E-state index contributed by atoms with van der Waals surface area (Å²) in [7, 11) is 0. The highest BCUT2D eigenvalue weighted by molar-refractivity contribution is 5.79. The number of carbonyl (C=O) groups excluding carboxylic acids is 1. The quantitative estimate of drug-likeness (QED) is 0.533. The van der Waals surface area contributed by atoms with Crippen LogP contribution in [0.5, 0.6) is 0 Å². The smallest absolute Gasteiger partial charge is 0.240 e. The van der Waals surface area contributed by atoms with Crippen molar-refractivity contribution in [1.29, 1.82) is 0 Å². The topological polar surface area (TPSA) is 66.6 Å². The van der Waals surface area contributed by atoms with Gasteiger partial charge in [0.1, 0.15) is 0 Å². The van der Waals surface area contributed by atoms with E-state index in [-0.39, 0.29) is 16.7 Å². The van der Waals surface area contributed by atoms with Crippen molar-refractivity contribution in [3.05, 3.63) is 11.8 Å². The number of carbonyl (C=O) groups is 1. The Balaban J connectivity index is 1.72. The molecule has 3 unspecified atom stereocenters. The Morgan fingerprint density at radius 1 is 1.17 bits per heavy atom. The van der Waals surface area contributed by atoms with E-state index in [9.17, 15) is 9.90 Å². The van der Waals surface area contributed by atoms with Crippen molar-refractivity contribution in [1.82, 2.24) is 5.01 Å². The summed E-state index contributed by atoms with van der Waals surface area (Å²) >= 11 is 0. The molecule has 0 bridgehead atoms. The van der Waals surface area contributed by atoms with Crippen molar-refractivity contribution in [2.24, 2.45) is 34.4 Å². The van der Waals surface area contributed by atoms with Crippen molar-refractivity contribution < 1.29 is 9.90 Å². The summed E-state index contributed by atoms with van der Waals surface area (Å²) in [5, 5.41) is 12.4. The fourth-order valence-electron chi connectivity index (χ4n) is 6.63. The van der Waals surface area contributed by atoms with Crippen molar-refractivity contribution >= 4 is 5.91 Å². The van der Waals surface area contributed by atoms with Gasteiger partial charge in [-0.1, -0.05) is 19.9 Å². The largest absolute Gasteiger partial charge is 0.390 e. The first kappa shape index (κ1) is 15.6. The molecule has 128 valence electrons. The van der Waals surface area contributed by atoms with Gasteiger partial charge in [0, 0.05) is 17.5 Å². The predicted molar refractivity (Wildman–Crippen MR) is 88.7 cm³/mol. The third kappa shape index (κ3) is 1.82. The molecule has 3 aliphatic carbocycles. The third-order valence-electron chi connectivity index (χ3n) is 8.37. The highest BCUT2D eigenvalue weighted by Gasteiger charge is 2.62. The van der Waals surface area contributed by atoms with Crippen LogP contribution in [0.2, 0.25) is 0 Å². The molecular weight excluding hydrogens is 288 g/mol. The lowest BCUT2D eigenvalue weighted by atomic mass is 9.48. The van der Waals surface area contributed by atoms with Crippen molar-refractivity contribution in [3.8, 4) is 0 Å². The van der Waals surface area contributed by atoms with Crippen molar-refractivity contribution in [2.45, 2.75) is 71.3 Å². The maximum absolute atomic E-state index is 12.0. The Hall–Kier alpha value is -0.870. The molecule has 1 aliphatic heterocycles. The number of nitrogens with two attached hydrogens (primary N) is 1. The molecule has 0 aromatic rings. The lowest BCUT2D eigenvalue weighted by Crippen LogP contribution is -2.57. The summed E-state index contributed by atoms with van der Waals surface area (Å²) < 4.78 is 0. The van der Waals surface area contributed by atoms with Crippen molar-refractivity contribution in [2.75, 3.05) is 0 Å². The van der Waals surface area contributed by atoms with E-state index >= 15 is 0 Å². The third-order valence-corrected chi connectivity index (χ3v) is 8.37. The fraction of sp³-hybridized carbons (Fsp3) is 0.842. The Bertz CT molecular complexity index is 584. The maximum atomic E-state index is 12.0. The van der Waals surface area contributed by atoms with Gasteiger partial charge in [0.05, 0.1) is 5.60 Å². The molecule has 6 atom stereocenters. The van der Waals surface area contributed by atoms with E-state index in [2.05, 4.69) is 19.9 Å². The van der Waals surface area contributed by atoms with E-state index in [1.165, 1.54) is 5.01 Å². The molecule has 0 spiro atoms. The predicted octanol–water partition coefficient (Wildman–Crippen LogP) is 2.97.